The van der Waals surface area contributed by atoms with Crippen LogP contribution in [0.1, 0.15) is 30.1 Å². The van der Waals surface area contributed by atoms with Gasteiger partial charge in [0.1, 0.15) is 0 Å². The summed E-state index contributed by atoms with van der Waals surface area (Å²) in [6.07, 6.45) is 2.19. The summed E-state index contributed by atoms with van der Waals surface area (Å²) >= 11 is 0. The molecule has 1 saturated heterocycles. The van der Waals surface area contributed by atoms with E-state index in [0.29, 0.717) is 12.6 Å². The van der Waals surface area contributed by atoms with Crippen LogP contribution < -0.4 is 0 Å². The summed E-state index contributed by atoms with van der Waals surface area (Å²) in [4.78, 5) is 4.67. The zero-order valence-electron chi connectivity index (χ0n) is 12.3. The highest BCUT2D eigenvalue weighted by Crippen LogP contribution is 2.18. The van der Waals surface area contributed by atoms with Crippen molar-refractivity contribution in [3.63, 3.8) is 0 Å². The van der Waals surface area contributed by atoms with Gasteiger partial charge in [-0.25, -0.2) is 0 Å². The number of nitrogens with zero attached hydrogens (tertiary/aromatic N) is 2. The molecule has 0 radical (unpaired) electrons. The van der Waals surface area contributed by atoms with Gasteiger partial charge in [-0.2, -0.15) is 0 Å². The summed E-state index contributed by atoms with van der Waals surface area (Å²) in [6.45, 7) is 5.02. The molecular weight excluding hydrogens is 236 g/mol. The summed E-state index contributed by atoms with van der Waals surface area (Å²) in [5.74, 6) is 0. The Balaban J connectivity index is 1.84. The molecule has 1 aliphatic rings. The molecule has 106 valence electrons. The van der Waals surface area contributed by atoms with Gasteiger partial charge in [0.15, 0.2) is 0 Å². The van der Waals surface area contributed by atoms with Crippen molar-refractivity contribution in [1.29, 1.82) is 0 Å². The van der Waals surface area contributed by atoms with Gasteiger partial charge in [-0.3, -0.25) is 0 Å². The number of hydrogen-bond acceptors (Lipinski definition) is 3. The van der Waals surface area contributed by atoms with Crippen molar-refractivity contribution >= 4 is 0 Å². The Morgan fingerprint density at radius 2 is 2.05 bits per heavy atom. The van der Waals surface area contributed by atoms with Gasteiger partial charge in [-0.05, 0) is 46.0 Å². The number of likely N-dealkylation sites (N-methyl/N-ethyl adjacent to an activating group) is 2. The lowest BCUT2D eigenvalue weighted by Gasteiger charge is -2.27. The summed E-state index contributed by atoms with van der Waals surface area (Å²) < 4.78 is 0. The Hall–Kier alpha value is -0.900. The minimum absolute atomic E-state index is 0.391. The molecule has 1 N–H and O–H groups in total. The molecule has 2 rings (SSSR count). The lowest BCUT2D eigenvalue weighted by Crippen LogP contribution is -2.38. The van der Waals surface area contributed by atoms with Crippen molar-refractivity contribution in [3.05, 3.63) is 35.4 Å². The number of aryl methyl sites for hydroxylation is 1. The topological polar surface area (TPSA) is 26.7 Å². The first-order valence-electron chi connectivity index (χ1n) is 7.19. The number of hydrogen-bond donors (Lipinski definition) is 1. The number of rotatable bonds is 5. The predicted octanol–water partition coefficient (Wildman–Crippen LogP) is 2.05. The zero-order valence-corrected chi connectivity index (χ0v) is 12.3. The van der Waals surface area contributed by atoms with Crippen molar-refractivity contribution in [2.75, 3.05) is 33.7 Å². The smallest absolute Gasteiger partial charge is 0.0916 e. The predicted molar refractivity (Wildman–Crippen MR) is 79.3 cm³/mol. The molecule has 0 saturated carbocycles. The molecule has 1 fully saturated rings. The van der Waals surface area contributed by atoms with E-state index < -0.39 is 6.10 Å². The van der Waals surface area contributed by atoms with E-state index in [0.717, 1.165) is 12.1 Å². The first kappa shape index (κ1) is 14.5. The third kappa shape index (κ3) is 4.03. The van der Waals surface area contributed by atoms with Crippen LogP contribution in [0.4, 0.5) is 0 Å². The van der Waals surface area contributed by atoms with Crippen LogP contribution >= 0.6 is 0 Å². The normalized spacial score (nSPS) is 22.1. The number of likely N-dealkylation sites (tertiary alicyclic amines) is 1. The maximum Gasteiger partial charge on any atom is 0.0916 e. The number of aliphatic hydroxyl groups is 1. The maximum atomic E-state index is 10.3. The third-order valence-electron chi connectivity index (χ3n) is 4.14. The van der Waals surface area contributed by atoms with Gasteiger partial charge in [0.25, 0.3) is 0 Å². The van der Waals surface area contributed by atoms with E-state index in [2.05, 4.69) is 43.0 Å². The minimum Gasteiger partial charge on any atom is -0.387 e. The van der Waals surface area contributed by atoms with Crippen LogP contribution in [-0.4, -0.2) is 54.7 Å². The molecule has 2 unspecified atom stereocenters. The molecule has 0 aromatic heterocycles. The lowest BCUT2D eigenvalue weighted by molar-refractivity contribution is 0.113. The number of benzene rings is 1. The van der Waals surface area contributed by atoms with Gasteiger partial charge >= 0.3 is 0 Å². The van der Waals surface area contributed by atoms with Gasteiger partial charge in [0.05, 0.1) is 6.10 Å². The maximum absolute atomic E-state index is 10.3. The summed E-state index contributed by atoms with van der Waals surface area (Å²) in [6, 6.07) is 8.81. The second kappa shape index (κ2) is 6.51. The molecule has 3 heteroatoms. The summed E-state index contributed by atoms with van der Waals surface area (Å²) in [5.41, 5.74) is 2.24. The molecule has 19 heavy (non-hydrogen) atoms. The van der Waals surface area contributed by atoms with E-state index in [-0.39, 0.29) is 0 Å². The Morgan fingerprint density at radius 3 is 2.63 bits per heavy atom. The van der Waals surface area contributed by atoms with E-state index >= 15 is 0 Å². The van der Waals surface area contributed by atoms with Crippen LogP contribution in [0.25, 0.3) is 0 Å². The molecule has 1 aromatic rings. The fourth-order valence-corrected chi connectivity index (χ4v) is 2.83. The minimum atomic E-state index is -0.391. The molecule has 2 atom stereocenters. The fourth-order valence-electron chi connectivity index (χ4n) is 2.83. The van der Waals surface area contributed by atoms with E-state index in [9.17, 15) is 5.11 Å². The SMILES string of the molecule is Cc1ccc(C(O)CN(C)CC2CCCN2C)cc1. The highest BCUT2D eigenvalue weighted by molar-refractivity contribution is 5.23. The highest BCUT2D eigenvalue weighted by atomic mass is 16.3. The third-order valence-corrected chi connectivity index (χ3v) is 4.14. The quantitative estimate of drug-likeness (QED) is 0.880. The van der Waals surface area contributed by atoms with E-state index in [1.807, 2.05) is 12.1 Å². The van der Waals surface area contributed by atoms with Crippen LogP contribution in [-0.2, 0) is 0 Å². The van der Waals surface area contributed by atoms with Crippen molar-refractivity contribution in [2.24, 2.45) is 0 Å². The van der Waals surface area contributed by atoms with Crippen LogP contribution in [0.5, 0.6) is 0 Å². The molecule has 1 aromatic carbocycles. The van der Waals surface area contributed by atoms with E-state index in [4.69, 9.17) is 0 Å². The lowest BCUT2D eigenvalue weighted by atomic mass is 10.1. The average molecular weight is 262 g/mol. The Morgan fingerprint density at radius 1 is 1.37 bits per heavy atom. The van der Waals surface area contributed by atoms with Gasteiger partial charge in [-0.1, -0.05) is 29.8 Å². The van der Waals surface area contributed by atoms with Crippen LogP contribution in [0.15, 0.2) is 24.3 Å². The second-order valence-corrected chi connectivity index (χ2v) is 5.92. The second-order valence-electron chi connectivity index (χ2n) is 5.92. The van der Waals surface area contributed by atoms with Crippen molar-refractivity contribution in [2.45, 2.75) is 31.9 Å². The van der Waals surface area contributed by atoms with Gasteiger partial charge < -0.3 is 14.9 Å². The van der Waals surface area contributed by atoms with Crippen molar-refractivity contribution < 1.29 is 5.11 Å². The van der Waals surface area contributed by atoms with Gasteiger partial charge in [-0.15, -0.1) is 0 Å². The Kier molecular flexibility index (Phi) is 4.97. The molecule has 0 bridgehead atoms. The molecule has 0 aliphatic carbocycles. The zero-order chi connectivity index (χ0) is 13.8. The summed E-state index contributed by atoms with van der Waals surface area (Å²) in [7, 11) is 4.30. The van der Waals surface area contributed by atoms with Crippen molar-refractivity contribution in [1.82, 2.24) is 9.80 Å². The highest BCUT2D eigenvalue weighted by Gasteiger charge is 2.22. The van der Waals surface area contributed by atoms with Crippen molar-refractivity contribution in [3.8, 4) is 0 Å². The molecule has 1 aliphatic heterocycles. The van der Waals surface area contributed by atoms with Crippen LogP contribution in [0, 0.1) is 6.92 Å². The Labute approximate surface area is 116 Å². The number of aliphatic hydroxyl groups excluding tert-OH is 1. The first-order chi connectivity index (χ1) is 9.06. The van der Waals surface area contributed by atoms with Crippen LogP contribution in [0.2, 0.25) is 0 Å². The largest absolute Gasteiger partial charge is 0.387 e. The molecule has 0 spiro atoms. The summed E-state index contributed by atoms with van der Waals surface area (Å²) in [5, 5.41) is 10.3. The van der Waals surface area contributed by atoms with Gasteiger partial charge in [0.2, 0.25) is 0 Å². The van der Waals surface area contributed by atoms with E-state index in [1.54, 1.807) is 0 Å². The molecule has 3 nitrogen and oxygen atoms in total. The molecular formula is C16H26N2O. The molecule has 1 heterocycles. The fraction of sp³-hybridized carbons (Fsp3) is 0.625. The van der Waals surface area contributed by atoms with E-state index in [1.165, 1.54) is 24.9 Å². The molecule has 0 amide bonds. The average Bonchev–Trinajstić information content (AvgIpc) is 2.75. The first-order valence-corrected chi connectivity index (χ1v) is 7.19. The standard InChI is InChI=1S/C16H26N2O/c1-13-6-8-14(9-7-13)16(19)12-17(2)11-15-5-4-10-18(15)3/h6-9,15-16,19H,4-5,10-12H2,1-3H3. The van der Waals surface area contributed by atoms with Crippen LogP contribution in [0.3, 0.4) is 0 Å². The van der Waals surface area contributed by atoms with Gasteiger partial charge in [0, 0.05) is 19.1 Å². The Bertz CT molecular complexity index is 390. The monoisotopic (exact) mass is 262 g/mol.